The van der Waals surface area contributed by atoms with Crippen LogP contribution in [0.25, 0.3) is 0 Å². The molecule has 0 saturated heterocycles. The summed E-state index contributed by atoms with van der Waals surface area (Å²) in [6.45, 7) is 1.84. The molecule has 1 aliphatic carbocycles. The lowest BCUT2D eigenvalue weighted by atomic mass is 9.98. The highest BCUT2D eigenvalue weighted by Gasteiger charge is 2.30. The minimum atomic E-state index is -1.22. The van der Waals surface area contributed by atoms with Crippen LogP contribution in [0.5, 0.6) is 5.75 Å². The van der Waals surface area contributed by atoms with Crippen LogP contribution in [0.3, 0.4) is 0 Å². The van der Waals surface area contributed by atoms with E-state index in [0.29, 0.717) is 12.6 Å². The zero-order valence-corrected chi connectivity index (χ0v) is 17.5. The molecule has 3 rings (SSSR count). The molecule has 0 aromatic heterocycles. The molecule has 1 saturated carbocycles. The van der Waals surface area contributed by atoms with Gasteiger partial charge in [0.05, 0.1) is 6.10 Å². The Morgan fingerprint density at radius 3 is 2.40 bits per heavy atom. The van der Waals surface area contributed by atoms with Crippen molar-refractivity contribution in [3.63, 3.8) is 0 Å². The number of amides is 2. The average molecular weight is 418 g/mol. The van der Waals surface area contributed by atoms with E-state index in [1.807, 2.05) is 5.32 Å². The van der Waals surface area contributed by atoms with Gasteiger partial charge in [0.15, 0.2) is 0 Å². The number of carbonyl (C=O) groups is 3. The summed E-state index contributed by atoms with van der Waals surface area (Å²) < 4.78 is 5.91. The SMILES string of the molecule is CN1CCC(O)=C(C(=O)NCC(=O)O)C1=O.Cc1ccc(OC2CCCCC2)cc1. The number of carbonyl (C=O) groups excluding carboxylic acids is 2. The Labute approximate surface area is 176 Å². The minimum Gasteiger partial charge on any atom is -0.511 e. The number of aliphatic carboxylic acids is 1. The smallest absolute Gasteiger partial charge is 0.322 e. The molecule has 0 atom stereocenters. The van der Waals surface area contributed by atoms with Gasteiger partial charge in [-0.2, -0.15) is 0 Å². The van der Waals surface area contributed by atoms with E-state index in [0.717, 1.165) is 5.75 Å². The van der Waals surface area contributed by atoms with Crippen molar-refractivity contribution < 1.29 is 29.3 Å². The molecule has 2 amide bonds. The molecule has 1 heterocycles. The van der Waals surface area contributed by atoms with Crippen molar-refractivity contribution in [3.05, 3.63) is 41.2 Å². The molecule has 3 N–H and O–H groups in total. The molecule has 1 aliphatic heterocycles. The van der Waals surface area contributed by atoms with E-state index in [-0.39, 0.29) is 17.8 Å². The Morgan fingerprint density at radius 2 is 1.80 bits per heavy atom. The van der Waals surface area contributed by atoms with E-state index in [1.165, 1.54) is 49.6 Å². The summed E-state index contributed by atoms with van der Waals surface area (Å²) in [6.07, 6.45) is 7.16. The van der Waals surface area contributed by atoms with Gasteiger partial charge < -0.3 is 25.2 Å². The fourth-order valence-corrected chi connectivity index (χ4v) is 3.28. The summed E-state index contributed by atoms with van der Waals surface area (Å²) >= 11 is 0. The number of likely N-dealkylation sites (N-methyl/N-ethyl adjacent to an activating group) is 1. The Kier molecular flexibility index (Phi) is 8.70. The molecule has 30 heavy (non-hydrogen) atoms. The Balaban J connectivity index is 0.000000215. The van der Waals surface area contributed by atoms with Gasteiger partial charge in [-0.1, -0.05) is 24.1 Å². The highest BCUT2D eigenvalue weighted by atomic mass is 16.5. The second-order valence-corrected chi connectivity index (χ2v) is 7.57. The Morgan fingerprint density at radius 1 is 1.17 bits per heavy atom. The summed E-state index contributed by atoms with van der Waals surface area (Å²) in [6, 6.07) is 8.37. The van der Waals surface area contributed by atoms with Crippen LogP contribution >= 0.6 is 0 Å². The van der Waals surface area contributed by atoms with Gasteiger partial charge >= 0.3 is 5.97 Å². The number of rotatable bonds is 5. The second kappa shape index (κ2) is 11.2. The number of carboxylic acids is 1. The lowest BCUT2D eigenvalue weighted by Crippen LogP contribution is -2.41. The summed E-state index contributed by atoms with van der Waals surface area (Å²) in [7, 11) is 1.50. The summed E-state index contributed by atoms with van der Waals surface area (Å²) in [5.74, 6) is -1.96. The van der Waals surface area contributed by atoms with Crippen LogP contribution in [0, 0.1) is 6.92 Å². The lowest BCUT2D eigenvalue weighted by Gasteiger charge is -2.23. The van der Waals surface area contributed by atoms with Crippen molar-refractivity contribution in [2.24, 2.45) is 0 Å². The van der Waals surface area contributed by atoms with Gasteiger partial charge in [0.1, 0.15) is 23.6 Å². The summed E-state index contributed by atoms with van der Waals surface area (Å²) in [4.78, 5) is 34.5. The third kappa shape index (κ3) is 7.09. The number of nitrogens with one attached hydrogen (secondary N) is 1. The van der Waals surface area contributed by atoms with Crippen molar-refractivity contribution in [3.8, 4) is 5.75 Å². The zero-order chi connectivity index (χ0) is 22.1. The van der Waals surface area contributed by atoms with Crippen molar-refractivity contribution in [1.82, 2.24) is 10.2 Å². The molecule has 164 valence electrons. The number of benzene rings is 1. The fraction of sp³-hybridized carbons (Fsp3) is 0.500. The van der Waals surface area contributed by atoms with Gasteiger partial charge in [-0.3, -0.25) is 14.4 Å². The molecule has 1 aromatic carbocycles. The van der Waals surface area contributed by atoms with Crippen LogP contribution in [0.2, 0.25) is 0 Å². The molecule has 8 nitrogen and oxygen atoms in total. The molecule has 0 bridgehead atoms. The fourth-order valence-electron chi connectivity index (χ4n) is 3.28. The highest BCUT2D eigenvalue weighted by Crippen LogP contribution is 2.23. The molecule has 0 spiro atoms. The summed E-state index contributed by atoms with van der Waals surface area (Å²) in [5, 5.41) is 19.8. The van der Waals surface area contributed by atoms with Gasteiger partial charge in [0.25, 0.3) is 11.8 Å². The first kappa shape index (κ1) is 23.3. The normalized spacial score (nSPS) is 17.1. The quantitative estimate of drug-likeness (QED) is 0.633. The molecule has 1 fully saturated rings. The topological polar surface area (TPSA) is 116 Å². The monoisotopic (exact) mass is 418 g/mol. The van der Waals surface area contributed by atoms with Crippen LogP contribution in [0.4, 0.5) is 0 Å². The van der Waals surface area contributed by atoms with Crippen molar-refractivity contribution in [1.29, 1.82) is 0 Å². The van der Waals surface area contributed by atoms with Gasteiger partial charge in [0, 0.05) is 20.0 Å². The third-order valence-electron chi connectivity index (χ3n) is 5.04. The van der Waals surface area contributed by atoms with E-state index in [2.05, 4.69) is 31.2 Å². The Hall–Kier alpha value is -3.03. The van der Waals surface area contributed by atoms with Gasteiger partial charge in [-0.15, -0.1) is 0 Å². The van der Waals surface area contributed by atoms with E-state index in [1.54, 1.807) is 0 Å². The number of aliphatic hydroxyl groups is 1. The van der Waals surface area contributed by atoms with Crippen molar-refractivity contribution >= 4 is 17.8 Å². The van der Waals surface area contributed by atoms with E-state index >= 15 is 0 Å². The highest BCUT2D eigenvalue weighted by molar-refractivity contribution is 6.19. The number of hydrogen-bond donors (Lipinski definition) is 3. The first-order chi connectivity index (χ1) is 14.3. The summed E-state index contributed by atoms with van der Waals surface area (Å²) in [5.41, 5.74) is 0.913. The number of carboxylic acid groups (broad SMARTS) is 1. The molecule has 0 radical (unpaired) electrons. The van der Waals surface area contributed by atoms with Crippen LogP contribution < -0.4 is 10.1 Å². The maximum absolute atomic E-state index is 11.5. The maximum atomic E-state index is 11.5. The molecule has 1 aromatic rings. The minimum absolute atomic E-state index is 0.193. The Bertz CT molecular complexity index is 781. The van der Waals surface area contributed by atoms with E-state index in [4.69, 9.17) is 9.84 Å². The maximum Gasteiger partial charge on any atom is 0.322 e. The van der Waals surface area contributed by atoms with Gasteiger partial charge in [-0.25, -0.2) is 0 Å². The second-order valence-electron chi connectivity index (χ2n) is 7.57. The molecular formula is C22H30N2O6. The lowest BCUT2D eigenvalue weighted by molar-refractivity contribution is -0.138. The van der Waals surface area contributed by atoms with Crippen LogP contribution in [0.1, 0.15) is 44.1 Å². The van der Waals surface area contributed by atoms with Gasteiger partial charge in [0.2, 0.25) is 0 Å². The van der Waals surface area contributed by atoms with Crippen LogP contribution in [0.15, 0.2) is 35.6 Å². The van der Waals surface area contributed by atoms with Crippen LogP contribution in [-0.2, 0) is 14.4 Å². The molecular weight excluding hydrogens is 388 g/mol. The number of aliphatic hydroxyl groups excluding tert-OH is 1. The molecule has 8 heteroatoms. The standard InChI is InChI=1S/C13H18O.C9H12N2O5/c1-11-7-9-13(10-8-11)14-12-5-3-2-4-6-12;1-11-3-2-5(12)7(9(11)16)8(15)10-4-6(13)14/h7-10,12H,2-6H2,1H3;12H,2-4H2,1H3,(H,10,15)(H,13,14). The third-order valence-corrected chi connectivity index (χ3v) is 5.04. The number of ether oxygens (including phenoxy) is 1. The molecule has 2 aliphatic rings. The number of hydrogen-bond acceptors (Lipinski definition) is 5. The predicted molar refractivity (Wildman–Crippen MR) is 111 cm³/mol. The largest absolute Gasteiger partial charge is 0.511 e. The van der Waals surface area contributed by atoms with E-state index < -0.39 is 24.3 Å². The first-order valence-electron chi connectivity index (χ1n) is 10.2. The predicted octanol–water partition coefficient (Wildman–Crippen LogP) is 2.57. The first-order valence-corrected chi connectivity index (χ1v) is 10.2. The van der Waals surface area contributed by atoms with Crippen LogP contribution in [-0.4, -0.2) is 59.1 Å². The number of nitrogens with zero attached hydrogens (tertiary/aromatic N) is 1. The number of aryl methyl sites for hydroxylation is 1. The van der Waals surface area contributed by atoms with Gasteiger partial charge in [-0.05, 0) is 44.7 Å². The molecule has 0 unspecified atom stereocenters. The van der Waals surface area contributed by atoms with Crippen molar-refractivity contribution in [2.75, 3.05) is 20.1 Å². The average Bonchev–Trinajstić information content (AvgIpc) is 2.72. The van der Waals surface area contributed by atoms with Crippen molar-refractivity contribution in [2.45, 2.75) is 51.6 Å². The van der Waals surface area contributed by atoms with E-state index in [9.17, 15) is 19.5 Å². The zero-order valence-electron chi connectivity index (χ0n) is 17.5.